The summed E-state index contributed by atoms with van der Waals surface area (Å²) in [5.74, 6) is -0.457. The zero-order chi connectivity index (χ0) is 19.8. The van der Waals surface area contributed by atoms with E-state index in [2.05, 4.69) is 36.2 Å². The van der Waals surface area contributed by atoms with Gasteiger partial charge in [-0.1, -0.05) is 23.8 Å². The number of carbonyl (C=O) groups excluding carboxylic acids is 2. The fraction of sp³-hybridized carbons (Fsp3) is 0.0833. The van der Waals surface area contributed by atoms with E-state index >= 15 is 0 Å². The fourth-order valence-corrected chi connectivity index (χ4v) is 3.39. The predicted octanol–water partition coefficient (Wildman–Crippen LogP) is 5.11. The molecule has 0 aliphatic heterocycles. The van der Waals surface area contributed by atoms with Crippen LogP contribution in [0.4, 0.5) is 0 Å². The number of H-pyrrole nitrogens is 1. The molecular weight excluding hydrogens is 348 g/mol. The van der Waals surface area contributed by atoms with E-state index in [1.54, 1.807) is 19.1 Å². The van der Waals surface area contributed by atoms with Crippen molar-refractivity contribution in [2.45, 2.75) is 13.8 Å². The molecule has 1 aromatic heterocycles. The number of benzene rings is 3. The number of amides is 1. The molecule has 0 saturated carbocycles. The third-order valence-electron chi connectivity index (χ3n) is 4.93. The topological polar surface area (TPSA) is 76.0 Å². The average Bonchev–Trinajstić information content (AvgIpc) is 3.11. The first-order chi connectivity index (χ1) is 13.4. The maximum absolute atomic E-state index is 12.1. The summed E-state index contributed by atoms with van der Waals surface area (Å²) in [5, 5.41) is 1.13. The highest BCUT2D eigenvalue weighted by atomic mass is 16.1. The molecule has 0 fully saturated rings. The van der Waals surface area contributed by atoms with Crippen molar-refractivity contribution >= 4 is 22.6 Å². The lowest BCUT2D eigenvalue weighted by Gasteiger charge is -2.09. The summed E-state index contributed by atoms with van der Waals surface area (Å²) >= 11 is 0. The lowest BCUT2D eigenvalue weighted by molar-refractivity contribution is 0.0996. The minimum atomic E-state index is -0.460. The normalized spacial score (nSPS) is 10.9. The lowest BCUT2D eigenvalue weighted by Crippen LogP contribution is -2.10. The molecule has 0 saturated heterocycles. The van der Waals surface area contributed by atoms with Crippen LogP contribution in [0.5, 0.6) is 0 Å². The molecule has 4 nitrogen and oxygen atoms in total. The van der Waals surface area contributed by atoms with E-state index in [9.17, 15) is 9.59 Å². The molecule has 4 aromatic rings. The van der Waals surface area contributed by atoms with Gasteiger partial charge in [0.1, 0.15) is 0 Å². The number of aromatic amines is 1. The molecule has 0 spiro atoms. The SMILES string of the molecule is CC(=O)c1cc(-c2ccc(C(N)=O)cc2)cc(-c2cc3cc(C)ccc3[nH]2)c1. The van der Waals surface area contributed by atoms with Crippen molar-refractivity contribution in [3.8, 4) is 22.4 Å². The number of hydrogen-bond donors (Lipinski definition) is 2. The van der Waals surface area contributed by atoms with E-state index < -0.39 is 5.91 Å². The van der Waals surface area contributed by atoms with Crippen molar-refractivity contribution in [1.82, 2.24) is 4.98 Å². The molecule has 138 valence electrons. The highest BCUT2D eigenvalue weighted by Gasteiger charge is 2.11. The molecule has 1 heterocycles. The van der Waals surface area contributed by atoms with Gasteiger partial charge in [-0.3, -0.25) is 9.59 Å². The molecule has 3 aromatic carbocycles. The zero-order valence-electron chi connectivity index (χ0n) is 15.7. The van der Waals surface area contributed by atoms with E-state index in [1.807, 2.05) is 30.3 Å². The molecule has 4 heteroatoms. The molecule has 0 aliphatic carbocycles. The average molecular weight is 368 g/mol. The van der Waals surface area contributed by atoms with Gasteiger partial charge in [-0.25, -0.2) is 0 Å². The minimum Gasteiger partial charge on any atom is -0.366 e. The van der Waals surface area contributed by atoms with Gasteiger partial charge in [-0.05, 0) is 79.1 Å². The second kappa shape index (κ2) is 6.82. The molecule has 28 heavy (non-hydrogen) atoms. The maximum atomic E-state index is 12.1. The number of ketones is 1. The van der Waals surface area contributed by atoms with Gasteiger partial charge in [0, 0.05) is 27.7 Å². The number of hydrogen-bond acceptors (Lipinski definition) is 2. The Bertz CT molecular complexity index is 1220. The Morgan fingerprint density at radius 2 is 1.50 bits per heavy atom. The summed E-state index contributed by atoms with van der Waals surface area (Å²) in [6, 6.07) is 21.3. The summed E-state index contributed by atoms with van der Waals surface area (Å²) in [6.45, 7) is 3.63. The van der Waals surface area contributed by atoms with Crippen molar-refractivity contribution in [3.05, 3.63) is 83.4 Å². The van der Waals surface area contributed by atoms with Crippen molar-refractivity contribution < 1.29 is 9.59 Å². The van der Waals surface area contributed by atoms with Gasteiger partial charge < -0.3 is 10.7 Å². The van der Waals surface area contributed by atoms with Gasteiger partial charge in [0.2, 0.25) is 5.91 Å². The van der Waals surface area contributed by atoms with E-state index in [1.165, 1.54) is 5.56 Å². The zero-order valence-corrected chi connectivity index (χ0v) is 15.7. The Morgan fingerprint density at radius 1 is 0.786 bits per heavy atom. The number of Topliss-reactive ketones (excluding diaryl/α,β-unsaturated/α-hetero) is 1. The fourth-order valence-electron chi connectivity index (χ4n) is 3.39. The largest absolute Gasteiger partial charge is 0.366 e. The first kappa shape index (κ1) is 17.7. The minimum absolute atomic E-state index is 0.00353. The van der Waals surface area contributed by atoms with Crippen LogP contribution in [0.1, 0.15) is 33.2 Å². The molecule has 0 bridgehead atoms. The number of primary amides is 1. The molecule has 0 radical (unpaired) electrons. The molecule has 0 atom stereocenters. The number of fused-ring (bicyclic) bond motifs is 1. The van der Waals surface area contributed by atoms with Crippen LogP contribution in [0.3, 0.4) is 0 Å². The van der Waals surface area contributed by atoms with Crippen molar-refractivity contribution in [2.75, 3.05) is 0 Å². The third-order valence-corrected chi connectivity index (χ3v) is 4.93. The van der Waals surface area contributed by atoms with Gasteiger partial charge in [-0.15, -0.1) is 0 Å². The second-order valence-corrected chi connectivity index (χ2v) is 7.07. The molecular formula is C24H20N2O2. The molecule has 3 N–H and O–H groups in total. The number of carbonyl (C=O) groups is 2. The summed E-state index contributed by atoms with van der Waals surface area (Å²) < 4.78 is 0. The Hall–Kier alpha value is -3.66. The van der Waals surface area contributed by atoms with Gasteiger partial charge in [0.25, 0.3) is 0 Å². The highest BCUT2D eigenvalue weighted by molar-refractivity contribution is 5.98. The maximum Gasteiger partial charge on any atom is 0.248 e. The van der Waals surface area contributed by atoms with Gasteiger partial charge in [0.05, 0.1) is 0 Å². The van der Waals surface area contributed by atoms with E-state index in [0.717, 1.165) is 33.3 Å². The van der Waals surface area contributed by atoms with Crippen LogP contribution in [0, 0.1) is 6.92 Å². The first-order valence-corrected chi connectivity index (χ1v) is 9.07. The summed E-state index contributed by atoms with van der Waals surface area (Å²) in [4.78, 5) is 26.9. The van der Waals surface area contributed by atoms with Gasteiger partial charge >= 0.3 is 0 Å². The smallest absolute Gasteiger partial charge is 0.248 e. The summed E-state index contributed by atoms with van der Waals surface area (Å²) in [5.41, 5.74) is 12.4. The van der Waals surface area contributed by atoms with Crippen LogP contribution in [0.2, 0.25) is 0 Å². The number of aromatic nitrogens is 1. The highest BCUT2D eigenvalue weighted by Crippen LogP contribution is 2.30. The number of rotatable bonds is 4. The number of nitrogens with two attached hydrogens (primary N) is 1. The third kappa shape index (κ3) is 3.32. The van der Waals surface area contributed by atoms with Crippen LogP contribution in [-0.2, 0) is 0 Å². The number of nitrogens with one attached hydrogen (secondary N) is 1. The van der Waals surface area contributed by atoms with Crippen molar-refractivity contribution in [2.24, 2.45) is 5.73 Å². The van der Waals surface area contributed by atoms with Gasteiger partial charge in [0.15, 0.2) is 5.78 Å². The van der Waals surface area contributed by atoms with E-state index in [4.69, 9.17) is 5.73 Å². The van der Waals surface area contributed by atoms with Crippen LogP contribution in [0.15, 0.2) is 66.7 Å². The van der Waals surface area contributed by atoms with Crippen LogP contribution < -0.4 is 5.73 Å². The molecule has 1 amide bonds. The van der Waals surface area contributed by atoms with Crippen molar-refractivity contribution in [3.63, 3.8) is 0 Å². The van der Waals surface area contributed by atoms with Crippen LogP contribution in [0.25, 0.3) is 33.3 Å². The van der Waals surface area contributed by atoms with Gasteiger partial charge in [-0.2, -0.15) is 0 Å². The molecule has 0 unspecified atom stereocenters. The van der Waals surface area contributed by atoms with Crippen LogP contribution in [-0.4, -0.2) is 16.7 Å². The Kier molecular flexibility index (Phi) is 4.32. The van der Waals surface area contributed by atoms with Crippen LogP contribution >= 0.6 is 0 Å². The van der Waals surface area contributed by atoms with Crippen molar-refractivity contribution in [1.29, 1.82) is 0 Å². The first-order valence-electron chi connectivity index (χ1n) is 9.07. The Labute approximate surface area is 163 Å². The molecule has 0 aliphatic rings. The molecule has 4 rings (SSSR count). The van der Waals surface area contributed by atoms with E-state index in [-0.39, 0.29) is 5.78 Å². The lowest BCUT2D eigenvalue weighted by atomic mass is 9.96. The summed E-state index contributed by atoms with van der Waals surface area (Å²) in [7, 11) is 0. The quantitative estimate of drug-likeness (QED) is 0.491. The second-order valence-electron chi connectivity index (χ2n) is 7.07. The van der Waals surface area contributed by atoms with E-state index in [0.29, 0.717) is 11.1 Å². The predicted molar refractivity (Wildman–Crippen MR) is 112 cm³/mol. The summed E-state index contributed by atoms with van der Waals surface area (Å²) in [6.07, 6.45) is 0. The Balaban J connectivity index is 1.85. The standard InChI is InChI=1S/C24H20N2O2/c1-14-3-8-22-20(9-14)13-23(26-22)21-11-18(15(2)27)10-19(12-21)16-4-6-17(7-5-16)24(25)28/h3-13,26H,1-2H3,(H2,25,28). The monoisotopic (exact) mass is 368 g/mol. The Morgan fingerprint density at radius 3 is 2.18 bits per heavy atom. The number of aryl methyl sites for hydroxylation is 1.